The maximum absolute atomic E-state index is 14.0. The molecule has 0 unspecified atom stereocenters. The number of hydrogen-bond acceptors (Lipinski definition) is 4. The van der Waals surface area contributed by atoms with Crippen LogP contribution in [-0.4, -0.2) is 39.7 Å². The molecule has 1 amide bonds. The van der Waals surface area contributed by atoms with Gasteiger partial charge in [0.2, 0.25) is 5.91 Å². The first-order valence-electron chi connectivity index (χ1n) is 12.7. The van der Waals surface area contributed by atoms with Gasteiger partial charge in [-0.3, -0.25) is 14.4 Å². The van der Waals surface area contributed by atoms with Crippen LogP contribution in [0.15, 0.2) is 53.8 Å². The van der Waals surface area contributed by atoms with Crippen LogP contribution in [0.5, 0.6) is 0 Å². The minimum Gasteiger partial charge on any atom is -0.388 e. The number of ketones is 2. The number of fused-ring (bicyclic) bond motifs is 1. The molecule has 35 heavy (non-hydrogen) atoms. The Morgan fingerprint density at radius 2 is 1.86 bits per heavy atom. The van der Waals surface area contributed by atoms with Gasteiger partial charge in [0.1, 0.15) is 17.0 Å². The summed E-state index contributed by atoms with van der Waals surface area (Å²) in [5.41, 5.74) is 2.42. The predicted molar refractivity (Wildman–Crippen MR) is 135 cm³/mol. The van der Waals surface area contributed by atoms with Gasteiger partial charge in [-0.1, -0.05) is 42.8 Å². The van der Waals surface area contributed by atoms with Crippen LogP contribution in [0.4, 0.5) is 0 Å². The molecule has 0 bridgehead atoms. The number of para-hydroxylation sites is 1. The van der Waals surface area contributed by atoms with E-state index in [1.165, 1.54) is 0 Å². The number of aliphatic hydroxyl groups excluding tert-OH is 1. The van der Waals surface area contributed by atoms with Crippen molar-refractivity contribution in [2.24, 2.45) is 23.2 Å². The largest absolute Gasteiger partial charge is 0.388 e. The number of aliphatic hydroxyl groups is 1. The second-order valence-corrected chi connectivity index (χ2v) is 10.8. The average Bonchev–Trinajstić information content (AvgIpc) is 3.36. The number of Topliss-reactive ketones (excluding diaryl/α,β-unsaturated/α-hetero) is 2. The van der Waals surface area contributed by atoms with Crippen LogP contribution in [0, 0.1) is 23.2 Å². The third kappa shape index (κ3) is 3.70. The van der Waals surface area contributed by atoms with Gasteiger partial charge in [0.25, 0.3) is 0 Å². The number of amides is 1. The zero-order valence-corrected chi connectivity index (χ0v) is 20.6. The molecule has 2 aromatic rings. The zero-order chi connectivity index (χ0) is 24.9. The molecule has 0 radical (unpaired) electrons. The molecule has 1 fully saturated rings. The van der Waals surface area contributed by atoms with Gasteiger partial charge in [0.15, 0.2) is 0 Å². The van der Waals surface area contributed by atoms with Crippen molar-refractivity contribution in [3.05, 3.63) is 59.3 Å². The Morgan fingerprint density at radius 1 is 1.09 bits per heavy atom. The van der Waals surface area contributed by atoms with Crippen molar-refractivity contribution in [3.8, 4) is 0 Å². The van der Waals surface area contributed by atoms with Gasteiger partial charge in [-0.05, 0) is 49.8 Å². The number of H-pyrrole nitrogens is 1. The molecule has 2 aliphatic carbocycles. The highest BCUT2D eigenvalue weighted by Crippen LogP contribution is 2.55. The SMILES string of the molecule is CC1=C(C)[C@H]2[C@H](Cc3c[nH]c4ccccc34)NC(=O)[C@]23C(=O)CCC(=O)C[C@@H](C)C/C=C\[C@H]3[C@@H]1O. The summed E-state index contributed by atoms with van der Waals surface area (Å²) in [6, 6.07) is 7.76. The Kier molecular flexibility index (Phi) is 6.04. The predicted octanol–water partition coefficient (Wildman–Crippen LogP) is 4.04. The molecule has 3 N–H and O–H groups in total. The van der Waals surface area contributed by atoms with Crippen LogP contribution in [0.2, 0.25) is 0 Å². The van der Waals surface area contributed by atoms with Crippen molar-refractivity contribution < 1.29 is 19.5 Å². The van der Waals surface area contributed by atoms with E-state index >= 15 is 0 Å². The van der Waals surface area contributed by atoms with Crippen molar-refractivity contribution >= 4 is 28.4 Å². The molecule has 6 heteroatoms. The van der Waals surface area contributed by atoms with Crippen LogP contribution in [0.3, 0.4) is 0 Å². The second-order valence-electron chi connectivity index (χ2n) is 10.8. The summed E-state index contributed by atoms with van der Waals surface area (Å²) < 4.78 is 0. The molecule has 3 aliphatic rings. The molecule has 1 aromatic carbocycles. The minimum absolute atomic E-state index is 0.0265. The monoisotopic (exact) mass is 474 g/mol. The van der Waals surface area contributed by atoms with E-state index < -0.39 is 17.4 Å². The smallest absolute Gasteiger partial charge is 0.235 e. The van der Waals surface area contributed by atoms with Gasteiger partial charge in [0.05, 0.1) is 6.10 Å². The number of nitrogens with one attached hydrogen (secondary N) is 2. The summed E-state index contributed by atoms with van der Waals surface area (Å²) in [6.45, 7) is 5.87. The molecular formula is C29H34N2O4. The lowest BCUT2D eigenvalue weighted by atomic mass is 9.54. The third-order valence-electron chi connectivity index (χ3n) is 8.65. The van der Waals surface area contributed by atoms with Gasteiger partial charge >= 0.3 is 0 Å². The summed E-state index contributed by atoms with van der Waals surface area (Å²) >= 11 is 0. The van der Waals surface area contributed by atoms with E-state index in [2.05, 4.69) is 16.4 Å². The summed E-state index contributed by atoms with van der Waals surface area (Å²) in [4.78, 5) is 43.7. The van der Waals surface area contributed by atoms with Gasteiger partial charge in [0, 0.05) is 54.2 Å². The van der Waals surface area contributed by atoms with E-state index in [1.54, 1.807) is 0 Å². The number of aromatic nitrogens is 1. The summed E-state index contributed by atoms with van der Waals surface area (Å²) in [7, 11) is 0. The molecule has 1 aliphatic heterocycles. The van der Waals surface area contributed by atoms with Crippen LogP contribution < -0.4 is 5.32 Å². The highest BCUT2D eigenvalue weighted by Gasteiger charge is 2.66. The molecule has 184 valence electrons. The van der Waals surface area contributed by atoms with Crippen molar-refractivity contribution in [3.63, 3.8) is 0 Å². The topological polar surface area (TPSA) is 99.3 Å². The highest BCUT2D eigenvalue weighted by molar-refractivity contribution is 6.10. The minimum atomic E-state index is -1.41. The van der Waals surface area contributed by atoms with E-state index in [0.717, 1.165) is 27.6 Å². The fourth-order valence-electron chi connectivity index (χ4n) is 6.77. The Labute approximate surface area is 205 Å². The lowest BCUT2D eigenvalue weighted by Gasteiger charge is -2.46. The number of rotatable bonds is 2. The Hall–Kier alpha value is -2.99. The number of hydrogen-bond donors (Lipinski definition) is 3. The summed E-state index contributed by atoms with van der Waals surface area (Å²) in [5.74, 6) is -1.38. The van der Waals surface area contributed by atoms with Gasteiger partial charge in [-0.2, -0.15) is 0 Å². The first-order chi connectivity index (χ1) is 16.7. The number of benzene rings is 1. The Bertz CT molecular complexity index is 1250. The Balaban J connectivity index is 1.62. The molecular weight excluding hydrogens is 440 g/mol. The third-order valence-corrected chi connectivity index (χ3v) is 8.65. The maximum atomic E-state index is 14.0. The van der Waals surface area contributed by atoms with Crippen LogP contribution in [0.25, 0.3) is 10.9 Å². The van der Waals surface area contributed by atoms with E-state index in [1.807, 2.05) is 57.3 Å². The molecule has 1 aromatic heterocycles. The van der Waals surface area contributed by atoms with Gasteiger partial charge < -0.3 is 15.4 Å². The molecule has 6 nitrogen and oxygen atoms in total. The normalized spacial score (nSPS) is 34.9. The molecule has 5 rings (SSSR count). The number of carbonyl (C=O) groups is 3. The van der Waals surface area contributed by atoms with E-state index in [4.69, 9.17) is 0 Å². The molecule has 1 spiro atoms. The highest BCUT2D eigenvalue weighted by atomic mass is 16.3. The maximum Gasteiger partial charge on any atom is 0.235 e. The van der Waals surface area contributed by atoms with Crippen LogP contribution in [-0.2, 0) is 20.8 Å². The fraction of sp³-hybridized carbons (Fsp3) is 0.483. The first kappa shape index (κ1) is 23.7. The lowest BCUT2D eigenvalue weighted by molar-refractivity contribution is -0.148. The molecule has 1 saturated heterocycles. The fourth-order valence-corrected chi connectivity index (χ4v) is 6.77. The molecule has 0 saturated carbocycles. The van der Waals surface area contributed by atoms with E-state index in [0.29, 0.717) is 19.3 Å². The second kappa shape index (κ2) is 8.90. The molecule has 6 atom stereocenters. The van der Waals surface area contributed by atoms with Crippen molar-refractivity contribution in [1.29, 1.82) is 0 Å². The summed E-state index contributed by atoms with van der Waals surface area (Å²) in [5, 5.41) is 15.6. The van der Waals surface area contributed by atoms with E-state index in [-0.39, 0.29) is 48.2 Å². The van der Waals surface area contributed by atoms with Crippen LogP contribution >= 0.6 is 0 Å². The first-order valence-corrected chi connectivity index (χ1v) is 12.7. The van der Waals surface area contributed by atoms with Gasteiger partial charge in [-0.25, -0.2) is 0 Å². The number of carbonyl (C=O) groups excluding carboxylic acids is 3. The average molecular weight is 475 g/mol. The quantitative estimate of drug-likeness (QED) is 0.452. The van der Waals surface area contributed by atoms with Crippen molar-refractivity contribution in [2.45, 2.75) is 65.0 Å². The van der Waals surface area contributed by atoms with Crippen molar-refractivity contribution in [1.82, 2.24) is 10.3 Å². The summed E-state index contributed by atoms with van der Waals surface area (Å²) in [6.07, 6.45) is 6.73. The number of aromatic amines is 1. The Morgan fingerprint density at radius 3 is 2.66 bits per heavy atom. The molecule has 2 heterocycles. The number of allylic oxidation sites excluding steroid dienone is 1. The lowest BCUT2D eigenvalue weighted by Crippen LogP contribution is -2.55. The van der Waals surface area contributed by atoms with Crippen molar-refractivity contribution in [2.75, 3.05) is 0 Å². The van der Waals surface area contributed by atoms with Gasteiger partial charge in [-0.15, -0.1) is 0 Å². The van der Waals surface area contributed by atoms with E-state index in [9.17, 15) is 19.5 Å². The standard InChI is InChI=1S/C29H34N2O4/c1-16-7-6-9-22-27(34)18(3)17(2)26-24(14-19-15-30-23-10-5-4-8-21(19)23)31-28(35)29(22,26)25(33)12-11-20(32)13-16/h4-6,8-10,15-16,22,24,26-27,30,34H,7,11-14H2,1-3H3,(H,31,35)/b9-6-/t16-,22-,24-,26-,27+,29+/m0/s1. The van der Waals surface area contributed by atoms with Crippen LogP contribution in [0.1, 0.15) is 52.0 Å². The zero-order valence-electron chi connectivity index (χ0n) is 20.6.